The molecule has 0 bridgehead atoms. The molecule has 5 heteroatoms. The zero-order chi connectivity index (χ0) is 19.8. The third-order valence-corrected chi connectivity index (χ3v) is 6.40. The Balaban J connectivity index is 1.86. The zero-order valence-electron chi connectivity index (χ0n) is 17.0. The Hall–Kier alpha value is -1.62. The highest BCUT2D eigenvalue weighted by Gasteiger charge is 2.56. The summed E-state index contributed by atoms with van der Waals surface area (Å²) in [6.45, 7) is 11.8. The third-order valence-electron chi connectivity index (χ3n) is 6.40. The van der Waals surface area contributed by atoms with E-state index in [1.807, 2.05) is 0 Å². The summed E-state index contributed by atoms with van der Waals surface area (Å²) in [5, 5.41) is 0. The molecule has 0 aromatic heterocycles. The Morgan fingerprint density at radius 1 is 1.41 bits per heavy atom. The van der Waals surface area contributed by atoms with Crippen molar-refractivity contribution in [2.45, 2.75) is 90.1 Å². The fourth-order valence-electron chi connectivity index (χ4n) is 4.52. The van der Waals surface area contributed by atoms with Gasteiger partial charge in [0.2, 0.25) is 0 Å². The summed E-state index contributed by atoms with van der Waals surface area (Å²) in [6, 6.07) is 0. The molecule has 0 spiro atoms. The number of epoxide rings is 1. The average Bonchev–Trinajstić information content (AvgIpc) is 3.14. The van der Waals surface area contributed by atoms with Crippen molar-refractivity contribution < 1.29 is 23.8 Å². The minimum atomic E-state index is -0.475. The summed E-state index contributed by atoms with van der Waals surface area (Å²) < 4.78 is 17.3. The molecule has 5 nitrogen and oxygen atoms in total. The van der Waals surface area contributed by atoms with Gasteiger partial charge < -0.3 is 14.2 Å². The monoisotopic (exact) mass is 376 g/mol. The second kappa shape index (κ2) is 7.78. The van der Waals surface area contributed by atoms with Crippen molar-refractivity contribution in [3.63, 3.8) is 0 Å². The Morgan fingerprint density at radius 2 is 2.15 bits per heavy atom. The molecule has 6 atom stereocenters. The van der Waals surface area contributed by atoms with Gasteiger partial charge in [0.05, 0.1) is 11.7 Å². The van der Waals surface area contributed by atoms with Crippen molar-refractivity contribution in [3.05, 3.63) is 23.8 Å². The fraction of sp³-hybridized carbons (Fsp3) is 0.727. The third kappa shape index (κ3) is 4.45. The average molecular weight is 376 g/mol. The van der Waals surface area contributed by atoms with Crippen LogP contribution in [0.2, 0.25) is 0 Å². The normalized spacial score (nSPS) is 42.1. The number of carbonyl (C=O) groups is 2. The smallest absolute Gasteiger partial charge is 0.334 e. The standard InChI is InChI=1S/C22H32O5/c1-13-8-6-10-14(2)19(25-16(4)23)20-17(15(3)21(24)26-20)12-18-22(5,27-18)11-7-9-13/h9,14,17-20H,3,6-8,10-12H2,1-2,4-5H3/b13-9+/t14-,17+,18-,19-,20-,22-/m1/s1. The maximum absolute atomic E-state index is 12.3. The predicted octanol–water partition coefficient (Wildman–Crippen LogP) is 4.11. The van der Waals surface area contributed by atoms with Crippen LogP contribution in [0, 0.1) is 11.8 Å². The first-order valence-corrected chi connectivity index (χ1v) is 10.1. The van der Waals surface area contributed by atoms with E-state index < -0.39 is 12.2 Å². The maximum atomic E-state index is 12.3. The molecule has 0 aromatic rings. The largest absolute Gasteiger partial charge is 0.458 e. The molecular formula is C22H32O5. The molecule has 0 amide bonds. The van der Waals surface area contributed by atoms with Crippen molar-refractivity contribution in [1.29, 1.82) is 0 Å². The van der Waals surface area contributed by atoms with Gasteiger partial charge in [0.1, 0.15) is 12.2 Å². The molecule has 1 aliphatic carbocycles. The van der Waals surface area contributed by atoms with Gasteiger partial charge in [-0.15, -0.1) is 0 Å². The van der Waals surface area contributed by atoms with E-state index >= 15 is 0 Å². The summed E-state index contributed by atoms with van der Waals surface area (Å²) >= 11 is 0. The van der Waals surface area contributed by atoms with Gasteiger partial charge in [0.25, 0.3) is 0 Å². The van der Waals surface area contributed by atoms with E-state index in [2.05, 4.69) is 33.4 Å². The molecule has 2 heterocycles. The molecule has 0 aromatic carbocycles. The highest BCUT2D eigenvalue weighted by atomic mass is 16.6. The summed E-state index contributed by atoms with van der Waals surface area (Å²) in [4.78, 5) is 24.0. The second-order valence-electron chi connectivity index (χ2n) is 8.69. The van der Waals surface area contributed by atoms with E-state index in [1.165, 1.54) is 12.5 Å². The first kappa shape index (κ1) is 20.1. The first-order valence-electron chi connectivity index (χ1n) is 10.1. The summed E-state index contributed by atoms with van der Waals surface area (Å²) in [7, 11) is 0. The fourth-order valence-corrected chi connectivity index (χ4v) is 4.52. The van der Waals surface area contributed by atoms with Gasteiger partial charge in [-0.3, -0.25) is 4.79 Å². The van der Waals surface area contributed by atoms with Crippen molar-refractivity contribution in [2.75, 3.05) is 0 Å². The lowest BCUT2D eigenvalue weighted by Gasteiger charge is -2.31. The molecule has 0 saturated carbocycles. The first-order chi connectivity index (χ1) is 12.7. The van der Waals surface area contributed by atoms with Crippen LogP contribution in [0.15, 0.2) is 23.8 Å². The number of carbonyl (C=O) groups excluding carboxylic acids is 2. The molecule has 3 aliphatic rings. The van der Waals surface area contributed by atoms with Gasteiger partial charge in [-0.2, -0.15) is 0 Å². The molecule has 0 N–H and O–H groups in total. The van der Waals surface area contributed by atoms with Crippen LogP contribution < -0.4 is 0 Å². The predicted molar refractivity (Wildman–Crippen MR) is 102 cm³/mol. The highest BCUT2D eigenvalue weighted by Crippen LogP contribution is 2.48. The molecule has 2 aliphatic heterocycles. The molecule has 27 heavy (non-hydrogen) atoms. The second-order valence-corrected chi connectivity index (χ2v) is 8.69. The van der Waals surface area contributed by atoms with Crippen LogP contribution >= 0.6 is 0 Å². The number of esters is 2. The number of hydrogen-bond acceptors (Lipinski definition) is 5. The summed E-state index contributed by atoms with van der Waals surface area (Å²) in [5.41, 5.74) is 1.72. The molecular weight excluding hydrogens is 344 g/mol. The molecule has 0 radical (unpaired) electrons. The van der Waals surface area contributed by atoms with Crippen molar-refractivity contribution in [1.82, 2.24) is 0 Å². The lowest BCUT2D eigenvalue weighted by Crippen LogP contribution is -2.40. The van der Waals surface area contributed by atoms with E-state index in [9.17, 15) is 9.59 Å². The van der Waals surface area contributed by atoms with E-state index in [4.69, 9.17) is 14.2 Å². The van der Waals surface area contributed by atoms with Gasteiger partial charge >= 0.3 is 11.9 Å². The van der Waals surface area contributed by atoms with Gasteiger partial charge in [-0.05, 0) is 58.3 Å². The van der Waals surface area contributed by atoms with Gasteiger partial charge in [0, 0.05) is 18.4 Å². The minimum absolute atomic E-state index is 0.0844. The number of fused-ring (bicyclic) bond motifs is 2. The number of ether oxygens (including phenoxy) is 3. The molecule has 2 saturated heterocycles. The lowest BCUT2D eigenvalue weighted by atomic mass is 9.81. The Bertz CT molecular complexity index is 651. The van der Waals surface area contributed by atoms with Crippen molar-refractivity contribution in [2.24, 2.45) is 11.8 Å². The quantitative estimate of drug-likeness (QED) is 0.298. The van der Waals surface area contributed by atoms with Crippen LogP contribution in [-0.4, -0.2) is 35.9 Å². The zero-order valence-corrected chi connectivity index (χ0v) is 17.0. The van der Waals surface area contributed by atoms with E-state index in [-0.39, 0.29) is 35.5 Å². The number of allylic oxidation sites excluding steroid dienone is 2. The minimum Gasteiger partial charge on any atom is -0.458 e. The maximum Gasteiger partial charge on any atom is 0.334 e. The molecule has 3 rings (SSSR count). The van der Waals surface area contributed by atoms with Gasteiger partial charge in [-0.1, -0.05) is 25.2 Å². The van der Waals surface area contributed by atoms with Crippen LogP contribution in [0.1, 0.15) is 66.2 Å². The molecule has 2 fully saturated rings. The van der Waals surface area contributed by atoms with Crippen molar-refractivity contribution in [3.8, 4) is 0 Å². The van der Waals surface area contributed by atoms with Crippen LogP contribution in [0.3, 0.4) is 0 Å². The van der Waals surface area contributed by atoms with Crippen molar-refractivity contribution >= 4 is 11.9 Å². The van der Waals surface area contributed by atoms with Crippen LogP contribution in [0.25, 0.3) is 0 Å². The Morgan fingerprint density at radius 3 is 2.85 bits per heavy atom. The van der Waals surface area contributed by atoms with Gasteiger partial charge in [0.15, 0.2) is 0 Å². The van der Waals surface area contributed by atoms with E-state index in [0.29, 0.717) is 12.0 Å². The SMILES string of the molecule is C=C1C(=O)O[C@H]2[C@H](OC(C)=O)[C@H](C)CCC/C(C)=C/CC[C@@]3(C)O[C@@H]3C[C@@H]12. The summed E-state index contributed by atoms with van der Waals surface area (Å²) in [6.07, 6.45) is 7.08. The summed E-state index contributed by atoms with van der Waals surface area (Å²) in [5.74, 6) is -0.791. The number of hydrogen-bond donors (Lipinski definition) is 0. The Kier molecular flexibility index (Phi) is 5.80. The lowest BCUT2D eigenvalue weighted by molar-refractivity contribution is -0.165. The van der Waals surface area contributed by atoms with E-state index in [0.717, 1.165) is 32.1 Å². The highest BCUT2D eigenvalue weighted by molar-refractivity contribution is 5.91. The number of rotatable bonds is 1. The van der Waals surface area contributed by atoms with Gasteiger partial charge in [-0.25, -0.2) is 4.79 Å². The Labute approximate surface area is 162 Å². The molecule has 0 unspecified atom stereocenters. The topological polar surface area (TPSA) is 65.1 Å². The molecule has 150 valence electrons. The van der Waals surface area contributed by atoms with Crippen LogP contribution in [0.4, 0.5) is 0 Å². The van der Waals surface area contributed by atoms with Crippen LogP contribution in [-0.2, 0) is 23.8 Å². The van der Waals surface area contributed by atoms with Crippen LogP contribution in [0.5, 0.6) is 0 Å². The van der Waals surface area contributed by atoms with E-state index in [1.54, 1.807) is 0 Å².